The molecule has 1 fully saturated rings. The minimum Gasteiger partial charge on any atom is -0.494 e. The summed E-state index contributed by atoms with van der Waals surface area (Å²) in [5.74, 6) is 2.12. The van der Waals surface area contributed by atoms with Gasteiger partial charge >= 0.3 is 0 Å². The van der Waals surface area contributed by atoms with E-state index >= 15 is 0 Å². The molecule has 3 rings (SSSR count). The highest BCUT2D eigenvalue weighted by Gasteiger charge is 2.29. The molecule has 2 aromatic rings. The maximum Gasteiger partial charge on any atom is 0.146 e. The summed E-state index contributed by atoms with van der Waals surface area (Å²) in [6.07, 6.45) is 3.55. The second kappa shape index (κ2) is 5.62. The van der Waals surface area contributed by atoms with Gasteiger partial charge in [0.15, 0.2) is 0 Å². The first kappa shape index (κ1) is 13.7. The molecular formula is C15H19ClN2O2. The molecule has 1 aliphatic carbocycles. The molecule has 1 aromatic carbocycles. The molecule has 0 radical (unpaired) electrons. The molecule has 0 spiro atoms. The molecule has 1 aliphatic rings. The molecular weight excluding hydrogens is 276 g/mol. The quantitative estimate of drug-likeness (QED) is 0.810. The van der Waals surface area contributed by atoms with Gasteiger partial charge in [-0.05, 0) is 31.4 Å². The lowest BCUT2D eigenvalue weighted by Gasteiger charge is -2.16. The van der Waals surface area contributed by atoms with Crippen LogP contribution >= 0.6 is 11.6 Å². The van der Waals surface area contributed by atoms with E-state index in [0.717, 1.165) is 41.9 Å². The van der Waals surface area contributed by atoms with Gasteiger partial charge in [0.25, 0.3) is 0 Å². The van der Waals surface area contributed by atoms with E-state index in [4.69, 9.17) is 21.1 Å². The van der Waals surface area contributed by atoms with Crippen molar-refractivity contribution in [2.24, 2.45) is 0 Å². The Hall–Kier alpha value is -1.26. The Labute approximate surface area is 123 Å². The van der Waals surface area contributed by atoms with Crippen LogP contribution in [-0.2, 0) is 10.6 Å². The fourth-order valence-electron chi connectivity index (χ4n) is 3.17. The summed E-state index contributed by atoms with van der Waals surface area (Å²) >= 11 is 6.09. The van der Waals surface area contributed by atoms with Gasteiger partial charge in [-0.15, -0.1) is 11.6 Å². The van der Waals surface area contributed by atoms with E-state index in [1.165, 1.54) is 0 Å². The molecule has 0 saturated heterocycles. The molecule has 2 atom stereocenters. The Morgan fingerprint density at radius 2 is 2.20 bits per heavy atom. The lowest BCUT2D eigenvalue weighted by molar-refractivity contribution is 0.106. The number of imidazole rings is 1. The Morgan fingerprint density at radius 1 is 1.35 bits per heavy atom. The van der Waals surface area contributed by atoms with E-state index in [1.807, 2.05) is 12.1 Å². The number of methoxy groups -OCH3 is 2. The van der Waals surface area contributed by atoms with E-state index in [1.54, 1.807) is 14.2 Å². The molecule has 0 amide bonds. The number of alkyl halides is 1. The van der Waals surface area contributed by atoms with Crippen molar-refractivity contribution in [1.82, 2.24) is 9.55 Å². The number of para-hydroxylation sites is 1. The summed E-state index contributed by atoms with van der Waals surface area (Å²) in [7, 11) is 3.45. The lowest BCUT2D eigenvalue weighted by Crippen LogP contribution is -2.11. The highest BCUT2D eigenvalue weighted by atomic mass is 35.5. The van der Waals surface area contributed by atoms with Crippen LogP contribution in [0, 0.1) is 0 Å². The second-order valence-corrected chi connectivity index (χ2v) is 5.45. The second-order valence-electron chi connectivity index (χ2n) is 5.18. The van der Waals surface area contributed by atoms with Gasteiger partial charge in [-0.3, -0.25) is 0 Å². The number of ether oxygens (including phenoxy) is 2. The third-order valence-electron chi connectivity index (χ3n) is 4.15. The summed E-state index contributed by atoms with van der Waals surface area (Å²) in [6, 6.07) is 6.43. The van der Waals surface area contributed by atoms with Gasteiger partial charge < -0.3 is 14.0 Å². The van der Waals surface area contributed by atoms with Gasteiger partial charge in [-0.25, -0.2) is 4.98 Å². The Bertz CT molecular complexity index is 611. The standard InChI is InChI=1S/C15H19ClN2O2/c1-19-11-7-6-10(8-11)18-12-4-3-5-13(20-2)15(12)17-14(18)9-16/h3-5,10-11H,6-9H2,1-2H3. The molecule has 0 bridgehead atoms. The van der Waals surface area contributed by atoms with Gasteiger partial charge in [-0.2, -0.15) is 0 Å². The Balaban J connectivity index is 2.09. The van der Waals surface area contributed by atoms with Crippen molar-refractivity contribution in [2.45, 2.75) is 37.3 Å². The number of aromatic nitrogens is 2. The number of hydrogen-bond acceptors (Lipinski definition) is 3. The third-order valence-corrected chi connectivity index (χ3v) is 4.39. The summed E-state index contributed by atoms with van der Waals surface area (Å²) in [5, 5.41) is 0. The van der Waals surface area contributed by atoms with E-state index in [9.17, 15) is 0 Å². The zero-order chi connectivity index (χ0) is 14.1. The minimum atomic E-state index is 0.339. The average molecular weight is 295 g/mol. The summed E-state index contributed by atoms with van der Waals surface area (Å²) in [5.41, 5.74) is 1.99. The fraction of sp³-hybridized carbons (Fsp3) is 0.533. The van der Waals surface area contributed by atoms with Gasteiger partial charge in [0, 0.05) is 13.2 Å². The van der Waals surface area contributed by atoms with Crippen molar-refractivity contribution in [3.63, 3.8) is 0 Å². The molecule has 1 saturated carbocycles. The first-order valence-electron chi connectivity index (χ1n) is 6.91. The Kier molecular flexibility index (Phi) is 3.85. The predicted octanol–water partition coefficient (Wildman–Crippen LogP) is 3.52. The van der Waals surface area contributed by atoms with Crippen molar-refractivity contribution in [3.8, 4) is 5.75 Å². The van der Waals surface area contributed by atoms with Crippen molar-refractivity contribution < 1.29 is 9.47 Å². The van der Waals surface area contributed by atoms with Crippen molar-refractivity contribution in [2.75, 3.05) is 14.2 Å². The first-order valence-corrected chi connectivity index (χ1v) is 7.44. The largest absolute Gasteiger partial charge is 0.494 e. The van der Waals surface area contributed by atoms with E-state index in [0.29, 0.717) is 18.0 Å². The number of hydrogen-bond donors (Lipinski definition) is 0. The van der Waals surface area contributed by atoms with Gasteiger partial charge in [0.05, 0.1) is 24.6 Å². The molecule has 108 valence electrons. The zero-order valence-electron chi connectivity index (χ0n) is 11.8. The lowest BCUT2D eigenvalue weighted by atomic mass is 10.2. The molecule has 2 unspecified atom stereocenters. The highest BCUT2D eigenvalue weighted by Crippen LogP contribution is 2.37. The Morgan fingerprint density at radius 3 is 2.85 bits per heavy atom. The van der Waals surface area contributed by atoms with E-state index < -0.39 is 0 Å². The van der Waals surface area contributed by atoms with Crippen LogP contribution in [0.4, 0.5) is 0 Å². The summed E-state index contributed by atoms with van der Waals surface area (Å²) in [4.78, 5) is 4.66. The maximum absolute atomic E-state index is 6.09. The van der Waals surface area contributed by atoms with Crippen LogP contribution in [0.3, 0.4) is 0 Å². The number of benzene rings is 1. The van der Waals surface area contributed by atoms with Crippen molar-refractivity contribution in [1.29, 1.82) is 0 Å². The van der Waals surface area contributed by atoms with Crippen LogP contribution in [0.1, 0.15) is 31.1 Å². The monoisotopic (exact) mass is 294 g/mol. The fourth-order valence-corrected chi connectivity index (χ4v) is 3.36. The average Bonchev–Trinajstić information content (AvgIpc) is 3.09. The van der Waals surface area contributed by atoms with Crippen LogP contribution in [0.15, 0.2) is 18.2 Å². The minimum absolute atomic E-state index is 0.339. The van der Waals surface area contributed by atoms with Gasteiger partial charge in [0.2, 0.25) is 0 Å². The number of halogens is 1. The zero-order valence-corrected chi connectivity index (χ0v) is 12.6. The molecule has 1 heterocycles. The van der Waals surface area contributed by atoms with Crippen molar-refractivity contribution in [3.05, 3.63) is 24.0 Å². The molecule has 1 aromatic heterocycles. The number of fused-ring (bicyclic) bond motifs is 1. The van der Waals surface area contributed by atoms with Crippen LogP contribution in [0.5, 0.6) is 5.75 Å². The number of rotatable bonds is 4. The predicted molar refractivity (Wildman–Crippen MR) is 79.5 cm³/mol. The van der Waals surface area contributed by atoms with Crippen LogP contribution < -0.4 is 4.74 Å². The van der Waals surface area contributed by atoms with Gasteiger partial charge in [0.1, 0.15) is 17.1 Å². The first-order chi connectivity index (χ1) is 9.78. The smallest absolute Gasteiger partial charge is 0.146 e. The number of nitrogens with zero attached hydrogens (tertiary/aromatic N) is 2. The van der Waals surface area contributed by atoms with Crippen molar-refractivity contribution >= 4 is 22.6 Å². The maximum atomic E-state index is 6.09. The molecule has 5 heteroatoms. The normalized spacial score (nSPS) is 22.6. The molecule has 20 heavy (non-hydrogen) atoms. The van der Waals surface area contributed by atoms with Crippen LogP contribution in [0.2, 0.25) is 0 Å². The van der Waals surface area contributed by atoms with E-state index in [2.05, 4.69) is 15.6 Å². The third kappa shape index (κ3) is 2.17. The SMILES string of the molecule is COc1cccc2c1nc(CCl)n2C1CCC(OC)C1. The van der Waals surface area contributed by atoms with E-state index in [-0.39, 0.29) is 0 Å². The van der Waals surface area contributed by atoms with Crippen LogP contribution in [0.25, 0.3) is 11.0 Å². The molecule has 0 N–H and O–H groups in total. The summed E-state index contributed by atoms with van der Waals surface area (Å²) < 4.78 is 13.1. The molecule has 0 aliphatic heterocycles. The van der Waals surface area contributed by atoms with Crippen LogP contribution in [-0.4, -0.2) is 29.9 Å². The summed E-state index contributed by atoms with van der Waals surface area (Å²) in [6.45, 7) is 0. The highest BCUT2D eigenvalue weighted by molar-refractivity contribution is 6.16. The molecule has 4 nitrogen and oxygen atoms in total. The topological polar surface area (TPSA) is 36.3 Å². The van der Waals surface area contributed by atoms with Gasteiger partial charge in [-0.1, -0.05) is 6.07 Å².